The number of aromatic hydroxyl groups is 1. The molecule has 0 spiro atoms. The third-order valence-electron chi connectivity index (χ3n) is 2.79. The van der Waals surface area contributed by atoms with Gasteiger partial charge < -0.3 is 9.84 Å². The zero-order valence-electron chi connectivity index (χ0n) is 9.40. The summed E-state index contributed by atoms with van der Waals surface area (Å²) < 4.78 is 4.87. The van der Waals surface area contributed by atoms with Crippen LogP contribution in [0, 0.1) is 0 Å². The number of phenols is 1. The molecule has 2 rings (SSSR count). The summed E-state index contributed by atoms with van der Waals surface area (Å²) in [6.45, 7) is 2.15. The minimum absolute atomic E-state index is 0.153. The highest BCUT2D eigenvalue weighted by atomic mass is 16.5. The molecule has 0 amide bonds. The van der Waals surface area contributed by atoms with Gasteiger partial charge in [0.1, 0.15) is 5.75 Å². The van der Waals surface area contributed by atoms with Crippen molar-refractivity contribution in [3.05, 3.63) is 29.3 Å². The van der Waals surface area contributed by atoms with Crippen molar-refractivity contribution in [3.8, 4) is 5.75 Å². The van der Waals surface area contributed by atoms with Gasteiger partial charge in [-0.05, 0) is 37.3 Å². The van der Waals surface area contributed by atoms with Crippen molar-refractivity contribution >= 4 is 5.97 Å². The van der Waals surface area contributed by atoms with Crippen LogP contribution < -0.4 is 0 Å². The molecule has 0 atom stereocenters. The van der Waals surface area contributed by atoms with E-state index in [2.05, 4.69) is 0 Å². The van der Waals surface area contributed by atoms with Crippen molar-refractivity contribution in [2.45, 2.75) is 32.1 Å². The van der Waals surface area contributed by atoms with Gasteiger partial charge in [0.25, 0.3) is 0 Å². The van der Waals surface area contributed by atoms with E-state index in [1.54, 1.807) is 13.0 Å². The summed E-state index contributed by atoms with van der Waals surface area (Å²) in [5.41, 5.74) is 1.89. The van der Waals surface area contributed by atoms with Gasteiger partial charge >= 0.3 is 5.97 Å². The van der Waals surface area contributed by atoms with E-state index >= 15 is 0 Å². The van der Waals surface area contributed by atoms with Crippen molar-refractivity contribution in [1.82, 2.24) is 0 Å². The molecule has 1 N–H and O–H groups in total. The Morgan fingerprint density at radius 2 is 2.25 bits per heavy atom. The van der Waals surface area contributed by atoms with Crippen LogP contribution in [0.25, 0.3) is 0 Å². The first-order valence-corrected chi connectivity index (χ1v) is 5.68. The van der Waals surface area contributed by atoms with Crippen molar-refractivity contribution in [3.63, 3.8) is 0 Å². The molecule has 3 heteroatoms. The second kappa shape index (κ2) is 4.56. The van der Waals surface area contributed by atoms with E-state index in [-0.39, 0.29) is 18.1 Å². The Kier molecular flexibility index (Phi) is 3.13. The van der Waals surface area contributed by atoms with Gasteiger partial charge in [-0.25, -0.2) is 0 Å². The molecule has 0 radical (unpaired) electrons. The molecule has 1 saturated carbocycles. The van der Waals surface area contributed by atoms with Crippen LogP contribution in [-0.4, -0.2) is 17.7 Å². The minimum atomic E-state index is -0.286. The Hall–Kier alpha value is -1.51. The van der Waals surface area contributed by atoms with Gasteiger partial charge in [0, 0.05) is 5.56 Å². The summed E-state index contributed by atoms with van der Waals surface area (Å²) in [5.74, 6) is 0.518. The Labute approximate surface area is 95.0 Å². The Morgan fingerprint density at radius 3 is 2.88 bits per heavy atom. The van der Waals surface area contributed by atoms with E-state index in [1.165, 1.54) is 18.4 Å². The summed E-state index contributed by atoms with van der Waals surface area (Å²) in [5, 5.41) is 9.65. The second-order valence-corrected chi connectivity index (χ2v) is 4.14. The third kappa shape index (κ3) is 2.54. The number of hydrogen-bond acceptors (Lipinski definition) is 3. The van der Waals surface area contributed by atoms with Crippen LogP contribution >= 0.6 is 0 Å². The van der Waals surface area contributed by atoms with Gasteiger partial charge in [-0.2, -0.15) is 0 Å². The fourth-order valence-corrected chi connectivity index (χ4v) is 1.79. The maximum absolute atomic E-state index is 11.3. The van der Waals surface area contributed by atoms with Crippen molar-refractivity contribution in [1.29, 1.82) is 0 Å². The van der Waals surface area contributed by atoms with Crippen molar-refractivity contribution < 1.29 is 14.6 Å². The third-order valence-corrected chi connectivity index (χ3v) is 2.79. The van der Waals surface area contributed by atoms with Crippen LogP contribution in [0.1, 0.15) is 36.8 Å². The average Bonchev–Trinajstić information content (AvgIpc) is 3.05. The molecule has 0 saturated heterocycles. The maximum Gasteiger partial charge on any atom is 0.310 e. The SMILES string of the molecule is CCOC(=O)Cc1cc(C2CC2)ccc1O. The van der Waals surface area contributed by atoms with E-state index in [0.717, 1.165) is 0 Å². The Bertz CT molecular complexity index is 394. The first kappa shape index (κ1) is 11.0. The lowest BCUT2D eigenvalue weighted by Gasteiger charge is -2.07. The minimum Gasteiger partial charge on any atom is -0.508 e. The van der Waals surface area contributed by atoms with Crippen LogP contribution in [0.15, 0.2) is 18.2 Å². The van der Waals surface area contributed by atoms with Gasteiger partial charge in [-0.3, -0.25) is 4.79 Å². The van der Waals surface area contributed by atoms with Crippen molar-refractivity contribution in [2.24, 2.45) is 0 Å². The number of carbonyl (C=O) groups is 1. The van der Waals surface area contributed by atoms with Crippen LogP contribution in [0.5, 0.6) is 5.75 Å². The molecule has 1 aliphatic carbocycles. The zero-order valence-corrected chi connectivity index (χ0v) is 9.40. The number of rotatable bonds is 4. The lowest BCUT2D eigenvalue weighted by atomic mass is 10.0. The van der Waals surface area contributed by atoms with E-state index in [9.17, 15) is 9.90 Å². The molecule has 0 bridgehead atoms. The highest BCUT2D eigenvalue weighted by molar-refractivity contribution is 5.73. The van der Waals surface area contributed by atoms with Crippen LogP contribution in [0.3, 0.4) is 0 Å². The predicted octanol–water partition coefficient (Wildman–Crippen LogP) is 2.38. The standard InChI is InChI=1S/C13H16O3/c1-2-16-13(15)8-11-7-10(9-3-4-9)5-6-12(11)14/h5-7,9,14H,2-4,8H2,1H3. The summed E-state index contributed by atoms with van der Waals surface area (Å²) in [7, 11) is 0. The van der Waals surface area contributed by atoms with Gasteiger partial charge in [-0.1, -0.05) is 12.1 Å². The summed E-state index contributed by atoms with van der Waals surface area (Å²) in [4.78, 5) is 11.3. The molecule has 86 valence electrons. The van der Waals surface area contributed by atoms with Gasteiger partial charge in [0.15, 0.2) is 0 Å². The quantitative estimate of drug-likeness (QED) is 0.792. The molecule has 16 heavy (non-hydrogen) atoms. The van der Waals surface area contributed by atoms with E-state index < -0.39 is 0 Å². The first-order chi connectivity index (χ1) is 7.70. The lowest BCUT2D eigenvalue weighted by molar-refractivity contribution is -0.142. The predicted molar refractivity (Wildman–Crippen MR) is 60.4 cm³/mol. The van der Waals surface area contributed by atoms with Crippen LogP contribution in [0.4, 0.5) is 0 Å². The number of ether oxygens (including phenoxy) is 1. The molecule has 0 heterocycles. The topological polar surface area (TPSA) is 46.5 Å². The van der Waals surface area contributed by atoms with Crippen molar-refractivity contribution in [2.75, 3.05) is 6.61 Å². The fraction of sp³-hybridized carbons (Fsp3) is 0.462. The summed E-state index contributed by atoms with van der Waals surface area (Å²) in [6.07, 6.45) is 2.58. The number of esters is 1. The summed E-state index contributed by atoms with van der Waals surface area (Å²) in [6, 6.07) is 5.52. The molecule has 0 aliphatic heterocycles. The molecule has 0 aromatic heterocycles. The molecule has 1 aliphatic rings. The molecule has 1 aromatic rings. The monoisotopic (exact) mass is 220 g/mol. The maximum atomic E-state index is 11.3. The van der Waals surface area contributed by atoms with Gasteiger partial charge in [0.05, 0.1) is 13.0 Å². The highest BCUT2D eigenvalue weighted by Crippen LogP contribution is 2.41. The number of hydrogen-bond donors (Lipinski definition) is 1. The molecule has 1 aromatic carbocycles. The zero-order chi connectivity index (χ0) is 11.5. The smallest absolute Gasteiger partial charge is 0.310 e. The number of carbonyl (C=O) groups excluding carboxylic acids is 1. The Balaban J connectivity index is 2.11. The molecular weight excluding hydrogens is 204 g/mol. The van der Waals surface area contributed by atoms with Gasteiger partial charge in [-0.15, -0.1) is 0 Å². The van der Waals surface area contributed by atoms with Crippen LogP contribution in [-0.2, 0) is 16.0 Å². The number of phenolic OH excluding ortho intramolecular Hbond substituents is 1. The average molecular weight is 220 g/mol. The summed E-state index contributed by atoms with van der Waals surface area (Å²) >= 11 is 0. The highest BCUT2D eigenvalue weighted by Gasteiger charge is 2.24. The largest absolute Gasteiger partial charge is 0.508 e. The molecule has 1 fully saturated rings. The number of benzene rings is 1. The molecule has 3 nitrogen and oxygen atoms in total. The molecule has 0 unspecified atom stereocenters. The van der Waals surface area contributed by atoms with E-state index in [4.69, 9.17) is 4.74 Å². The van der Waals surface area contributed by atoms with Crippen LogP contribution in [0.2, 0.25) is 0 Å². The van der Waals surface area contributed by atoms with Gasteiger partial charge in [0.2, 0.25) is 0 Å². The fourth-order valence-electron chi connectivity index (χ4n) is 1.79. The van der Waals surface area contributed by atoms with E-state index in [0.29, 0.717) is 18.1 Å². The van der Waals surface area contributed by atoms with E-state index in [1.807, 2.05) is 12.1 Å². The molecular formula is C13H16O3. The lowest BCUT2D eigenvalue weighted by Crippen LogP contribution is -2.07. The normalized spacial score (nSPS) is 14.8. The Morgan fingerprint density at radius 1 is 1.50 bits per heavy atom. The first-order valence-electron chi connectivity index (χ1n) is 5.68. The second-order valence-electron chi connectivity index (χ2n) is 4.14.